The molecule has 0 spiro atoms. The quantitative estimate of drug-likeness (QED) is 0.864. The smallest absolute Gasteiger partial charge is 0.356 e. The molecule has 2 N–H and O–H groups in total. The zero-order valence-corrected chi connectivity index (χ0v) is 10.2. The molecule has 0 saturated heterocycles. The number of carboxylic acids is 1. The molecular weight excluding hydrogens is 232 g/mol. The van der Waals surface area contributed by atoms with E-state index >= 15 is 0 Å². The fourth-order valence-corrected chi connectivity index (χ4v) is 1.80. The van der Waals surface area contributed by atoms with Gasteiger partial charge in [-0.15, -0.1) is 0 Å². The number of hydrogen-bond donors (Lipinski definition) is 2. The highest BCUT2D eigenvalue weighted by Crippen LogP contribution is 2.17. The van der Waals surface area contributed by atoms with Gasteiger partial charge in [-0.2, -0.15) is 5.10 Å². The average Bonchev–Trinajstić information content (AvgIpc) is 2.76. The summed E-state index contributed by atoms with van der Waals surface area (Å²) in [6.45, 7) is 3.54. The predicted molar refractivity (Wildman–Crippen MR) is 65.9 cm³/mol. The number of aliphatic hydroxyl groups excluding tert-OH is 1. The van der Waals surface area contributed by atoms with Crippen molar-refractivity contribution in [1.29, 1.82) is 0 Å². The highest BCUT2D eigenvalue weighted by Gasteiger charge is 2.16. The molecule has 0 aliphatic carbocycles. The Balaban J connectivity index is 2.57. The molecule has 1 heterocycles. The van der Waals surface area contributed by atoms with Gasteiger partial charge in [0.1, 0.15) is 0 Å². The van der Waals surface area contributed by atoms with Gasteiger partial charge in [0.15, 0.2) is 5.69 Å². The van der Waals surface area contributed by atoms with E-state index < -0.39 is 5.97 Å². The Bertz CT molecular complexity index is 602. The molecule has 0 aliphatic heterocycles. The van der Waals surface area contributed by atoms with Crippen molar-refractivity contribution in [3.05, 3.63) is 46.8 Å². The number of aliphatic hydroxyl groups is 1. The first kappa shape index (κ1) is 12.3. The first-order valence-electron chi connectivity index (χ1n) is 5.53. The van der Waals surface area contributed by atoms with Crippen molar-refractivity contribution in [3.63, 3.8) is 0 Å². The van der Waals surface area contributed by atoms with E-state index in [0.29, 0.717) is 5.56 Å². The van der Waals surface area contributed by atoms with Crippen LogP contribution in [0.15, 0.2) is 24.4 Å². The number of carboxylic acid groups (broad SMARTS) is 1. The molecule has 0 amide bonds. The minimum atomic E-state index is -1.14. The molecule has 18 heavy (non-hydrogen) atoms. The lowest BCUT2D eigenvalue weighted by molar-refractivity contribution is 0.0686. The highest BCUT2D eigenvalue weighted by molar-refractivity contribution is 5.87. The Kier molecular flexibility index (Phi) is 3.16. The first-order valence-corrected chi connectivity index (χ1v) is 5.53. The molecule has 0 atom stereocenters. The highest BCUT2D eigenvalue weighted by atomic mass is 16.4. The molecule has 2 aromatic rings. The van der Waals surface area contributed by atoms with Crippen molar-refractivity contribution in [3.8, 4) is 5.69 Å². The standard InChI is InChI=1S/C13H14N2O3/c1-8-3-4-9(2)11(5-8)15-6-10(7-16)12(14-15)13(17)18/h3-6,16H,7H2,1-2H3,(H,17,18). The molecule has 0 bridgehead atoms. The van der Waals surface area contributed by atoms with Crippen molar-refractivity contribution in [2.24, 2.45) is 0 Å². The van der Waals surface area contributed by atoms with Gasteiger partial charge in [0.2, 0.25) is 0 Å². The molecule has 5 heteroatoms. The lowest BCUT2D eigenvalue weighted by Crippen LogP contribution is -2.03. The van der Waals surface area contributed by atoms with Crippen molar-refractivity contribution in [2.45, 2.75) is 20.5 Å². The fraction of sp³-hybridized carbons (Fsp3) is 0.231. The lowest BCUT2D eigenvalue weighted by Gasteiger charge is -2.06. The van der Waals surface area contributed by atoms with Crippen LogP contribution in [0.5, 0.6) is 0 Å². The van der Waals surface area contributed by atoms with Crippen molar-refractivity contribution in [2.75, 3.05) is 0 Å². The van der Waals surface area contributed by atoms with Gasteiger partial charge in [0.25, 0.3) is 0 Å². The van der Waals surface area contributed by atoms with Crippen LogP contribution in [0.25, 0.3) is 5.69 Å². The summed E-state index contributed by atoms with van der Waals surface area (Å²) < 4.78 is 1.50. The van der Waals surface area contributed by atoms with E-state index in [4.69, 9.17) is 10.2 Å². The maximum atomic E-state index is 11.0. The largest absolute Gasteiger partial charge is 0.476 e. The summed E-state index contributed by atoms with van der Waals surface area (Å²) in [6, 6.07) is 5.86. The lowest BCUT2D eigenvalue weighted by atomic mass is 10.1. The van der Waals surface area contributed by atoms with Crippen LogP contribution in [-0.2, 0) is 6.61 Å². The second-order valence-corrected chi connectivity index (χ2v) is 4.20. The number of aromatic carboxylic acids is 1. The molecule has 1 aromatic carbocycles. The SMILES string of the molecule is Cc1ccc(C)c(-n2cc(CO)c(C(=O)O)n2)c1. The summed E-state index contributed by atoms with van der Waals surface area (Å²) in [6.07, 6.45) is 1.55. The molecule has 0 radical (unpaired) electrons. The molecule has 1 aromatic heterocycles. The van der Waals surface area contributed by atoms with E-state index in [-0.39, 0.29) is 12.3 Å². The third kappa shape index (κ3) is 2.12. The maximum Gasteiger partial charge on any atom is 0.356 e. The molecular formula is C13H14N2O3. The average molecular weight is 246 g/mol. The number of nitrogens with zero attached hydrogens (tertiary/aromatic N) is 2. The Labute approximate surface area is 104 Å². The number of aromatic nitrogens is 2. The van der Waals surface area contributed by atoms with E-state index in [2.05, 4.69) is 5.10 Å². The van der Waals surface area contributed by atoms with E-state index in [1.807, 2.05) is 32.0 Å². The van der Waals surface area contributed by atoms with Gasteiger partial charge in [0.05, 0.1) is 12.3 Å². The normalized spacial score (nSPS) is 10.6. The number of benzene rings is 1. The van der Waals surface area contributed by atoms with E-state index in [9.17, 15) is 4.79 Å². The Morgan fingerprint density at radius 1 is 1.39 bits per heavy atom. The molecule has 5 nitrogen and oxygen atoms in total. The summed E-state index contributed by atoms with van der Waals surface area (Å²) >= 11 is 0. The predicted octanol–water partition coefficient (Wildman–Crippen LogP) is 1.68. The van der Waals surface area contributed by atoms with Gasteiger partial charge in [0, 0.05) is 11.8 Å². The molecule has 94 valence electrons. The van der Waals surface area contributed by atoms with Crippen molar-refractivity contribution < 1.29 is 15.0 Å². The minimum absolute atomic E-state index is 0.113. The molecule has 0 aliphatic rings. The fourth-order valence-electron chi connectivity index (χ4n) is 1.80. The third-order valence-corrected chi connectivity index (χ3v) is 2.77. The Morgan fingerprint density at radius 2 is 2.11 bits per heavy atom. The first-order chi connectivity index (χ1) is 8.52. The number of hydrogen-bond acceptors (Lipinski definition) is 3. The van der Waals surface area contributed by atoms with Crippen LogP contribution in [0, 0.1) is 13.8 Å². The van der Waals surface area contributed by atoms with Crippen LogP contribution >= 0.6 is 0 Å². The van der Waals surface area contributed by atoms with Crippen LogP contribution in [0.3, 0.4) is 0 Å². The van der Waals surface area contributed by atoms with Crippen LogP contribution in [0.4, 0.5) is 0 Å². The van der Waals surface area contributed by atoms with Crippen molar-refractivity contribution >= 4 is 5.97 Å². The second kappa shape index (κ2) is 4.62. The summed E-state index contributed by atoms with van der Waals surface area (Å²) in [5, 5.41) is 22.1. The molecule has 0 fully saturated rings. The van der Waals surface area contributed by atoms with Crippen LogP contribution in [-0.4, -0.2) is 26.0 Å². The topological polar surface area (TPSA) is 75.4 Å². The maximum absolute atomic E-state index is 11.0. The monoisotopic (exact) mass is 246 g/mol. The van der Waals surface area contributed by atoms with E-state index in [1.165, 1.54) is 4.68 Å². The molecule has 2 rings (SSSR count). The van der Waals surface area contributed by atoms with Gasteiger partial charge in [-0.25, -0.2) is 9.48 Å². The third-order valence-electron chi connectivity index (χ3n) is 2.77. The summed E-state index contributed by atoms with van der Waals surface area (Å²) in [5.74, 6) is -1.14. The second-order valence-electron chi connectivity index (χ2n) is 4.20. The van der Waals surface area contributed by atoms with Crippen LogP contribution in [0.1, 0.15) is 27.2 Å². The van der Waals surface area contributed by atoms with Gasteiger partial charge in [-0.05, 0) is 31.0 Å². The number of rotatable bonds is 3. The van der Waals surface area contributed by atoms with E-state index in [0.717, 1.165) is 16.8 Å². The van der Waals surface area contributed by atoms with Gasteiger partial charge in [-0.3, -0.25) is 0 Å². The van der Waals surface area contributed by atoms with Crippen molar-refractivity contribution in [1.82, 2.24) is 9.78 Å². The Hall–Kier alpha value is -2.14. The van der Waals surface area contributed by atoms with Crippen LogP contribution < -0.4 is 0 Å². The molecule has 0 unspecified atom stereocenters. The summed E-state index contributed by atoms with van der Waals surface area (Å²) in [7, 11) is 0. The van der Waals surface area contributed by atoms with Gasteiger partial charge < -0.3 is 10.2 Å². The van der Waals surface area contributed by atoms with Crippen LogP contribution in [0.2, 0.25) is 0 Å². The van der Waals surface area contributed by atoms with E-state index in [1.54, 1.807) is 6.20 Å². The van der Waals surface area contributed by atoms with Gasteiger partial charge in [-0.1, -0.05) is 12.1 Å². The Morgan fingerprint density at radius 3 is 2.67 bits per heavy atom. The zero-order valence-electron chi connectivity index (χ0n) is 10.2. The summed E-state index contributed by atoms with van der Waals surface area (Å²) in [5.41, 5.74) is 3.07. The number of carbonyl (C=O) groups is 1. The van der Waals surface area contributed by atoms with Gasteiger partial charge >= 0.3 is 5.97 Å². The molecule has 0 saturated carbocycles. The minimum Gasteiger partial charge on any atom is -0.476 e. The number of aryl methyl sites for hydroxylation is 2. The summed E-state index contributed by atoms with van der Waals surface area (Å²) in [4.78, 5) is 11.0. The zero-order chi connectivity index (χ0) is 13.3.